The average Bonchev–Trinajstić information content (AvgIpc) is 2.18. The zero-order chi connectivity index (χ0) is 9.68. The number of benzene rings is 1. The number of hydrogen-bond donors (Lipinski definition) is 2. The predicted octanol–water partition coefficient (Wildman–Crippen LogP) is 0.757. The van der Waals surface area contributed by atoms with Crippen molar-refractivity contribution in [1.29, 1.82) is 0 Å². The lowest BCUT2D eigenvalue weighted by molar-refractivity contribution is 0.302. The van der Waals surface area contributed by atoms with Gasteiger partial charge in [-0.3, -0.25) is 0 Å². The molecule has 0 aliphatic heterocycles. The van der Waals surface area contributed by atoms with E-state index >= 15 is 0 Å². The smallest absolute Gasteiger partial charge is 0.108 e. The molecule has 13 heavy (non-hydrogen) atoms. The average molecular weight is 181 g/mol. The van der Waals surface area contributed by atoms with Gasteiger partial charge in [-0.1, -0.05) is 0 Å². The SMILES string of the molecule is NN(CCO)c1ccc(N=O)cc1. The summed E-state index contributed by atoms with van der Waals surface area (Å²) >= 11 is 0. The van der Waals surface area contributed by atoms with Gasteiger partial charge < -0.3 is 10.1 Å². The van der Waals surface area contributed by atoms with Crippen LogP contribution in [0.1, 0.15) is 0 Å². The maximum absolute atomic E-state index is 10.1. The third-order valence-corrected chi connectivity index (χ3v) is 1.63. The van der Waals surface area contributed by atoms with Crippen molar-refractivity contribution in [3.05, 3.63) is 29.2 Å². The van der Waals surface area contributed by atoms with Gasteiger partial charge in [0.2, 0.25) is 0 Å². The molecule has 5 nitrogen and oxygen atoms in total. The largest absolute Gasteiger partial charge is 0.394 e. The van der Waals surface area contributed by atoms with Crippen molar-refractivity contribution >= 4 is 11.4 Å². The number of nitrogens with two attached hydrogens (primary N) is 1. The van der Waals surface area contributed by atoms with Crippen molar-refractivity contribution in [2.75, 3.05) is 18.2 Å². The Morgan fingerprint density at radius 2 is 2.00 bits per heavy atom. The molecule has 0 aromatic heterocycles. The van der Waals surface area contributed by atoms with Gasteiger partial charge in [0.05, 0.1) is 18.8 Å². The Balaban J connectivity index is 2.73. The maximum Gasteiger partial charge on any atom is 0.108 e. The zero-order valence-corrected chi connectivity index (χ0v) is 7.05. The van der Waals surface area contributed by atoms with Crippen LogP contribution in [0.25, 0.3) is 0 Å². The van der Waals surface area contributed by atoms with Gasteiger partial charge in [0.25, 0.3) is 0 Å². The van der Waals surface area contributed by atoms with Gasteiger partial charge in [-0.05, 0) is 29.4 Å². The number of aliphatic hydroxyl groups excluding tert-OH is 1. The minimum absolute atomic E-state index is 0.00974. The van der Waals surface area contributed by atoms with E-state index in [1.54, 1.807) is 24.3 Å². The summed E-state index contributed by atoms with van der Waals surface area (Å²) in [7, 11) is 0. The summed E-state index contributed by atoms with van der Waals surface area (Å²) in [6.45, 7) is 0.345. The fourth-order valence-corrected chi connectivity index (χ4v) is 0.942. The van der Waals surface area contributed by atoms with Gasteiger partial charge in [0.15, 0.2) is 0 Å². The van der Waals surface area contributed by atoms with Gasteiger partial charge in [-0.25, -0.2) is 5.84 Å². The minimum atomic E-state index is -0.00974. The Morgan fingerprint density at radius 3 is 2.46 bits per heavy atom. The summed E-state index contributed by atoms with van der Waals surface area (Å²) in [5.74, 6) is 5.56. The second-order valence-corrected chi connectivity index (χ2v) is 2.52. The van der Waals surface area contributed by atoms with Crippen molar-refractivity contribution in [3.8, 4) is 0 Å². The highest BCUT2D eigenvalue weighted by Crippen LogP contribution is 2.17. The number of nitrogens with zero attached hydrogens (tertiary/aromatic N) is 2. The van der Waals surface area contributed by atoms with Gasteiger partial charge >= 0.3 is 0 Å². The molecule has 0 unspecified atom stereocenters. The lowest BCUT2D eigenvalue weighted by Gasteiger charge is -2.16. The van der Waals surface area contributed by atoms with Crippen molar-refractivity contribution in [2.45, 2.75) is 0 Å². The van der Waals surface area contributed by atoms with E-state index in [2.05, 4.69) is 5.18 Å². The Kier molecular flexibility index (Phi) is 3.36. The van der Waals surface area contributed by atoms with E-state index in [1.165, 1.54) is 5.01 Å². The standard InChI is InChI=1S/C8H11N3O2/c9-11(5-6-12)8-3-1-7(10-13)2-4-8/h1-4,12H,5-6,9H2. The molecule has 0 spiro atoms. The monoisotopic (exact) mass is 181 g/mol. The second-order valence-electron chi connectivity index (χ2n) is 2.52. The van der Waals surface area contributed by atoms with Crippen LogP contribution in [0, 0.1) is 4.91 Å². The van der Waals surface area contributed by atoms with E-state index < -0.39 is 0 Å². The number of anilines is 1. The molecular weight excluding hydrogens is 170 g/mol. The Morgan fingerprint density at radius 1 is 1.38 bits per heavy atom. The minimum Gasteiger partial charge on any atom is -0.394 e. The molecule has 5 heteroatoms. The Bertz CT molecular complexity index is 273. The molecule has 0 amide bonds. The summed E-state index contributed by atoms with van der Waals surface area (Å²) in [5.41, 5.74) is 1.10. The summed E-state index contributed by atoms with van der Waals surface area (Å²) in [5, 5.41) is 12.8. The van der Waals surface area contributed by atoms with Crippen molar-refractivity contribution in [3.63, 3.8) is 0 Å². The van der Waals surface area contributed by atoms with E-state index in [0.717, 1.165) is 5.69 Å². The van der Waals surface area contributed by atoms with E-state index in [4.69, 9.17) is 10.9 Å². The van der Waals surface area contributed by atoms with Crippen LogP contribution in [0.3, 0.4) is 0 Å². The fourth-order valence-electron chi connectivity index (χ4n) is 0.942. The third kappa shape index (κ3) is 2.50. The first-order chi connectivity index (χ1) is 6.27. The van der Waals surface area contributed by atoms with Crippen LogP contribution < -0.4 is 10.9 Å². The molecule has 0 heterocycles. The van der Waals surface area contributed by atoms with Crippen molar-refractivity contribution < 1.29 is 5.11 Å². The lowest BCUT2D eigenvalue weighted by atomic mass is 10.3. The van der Waals surface area contributed by atoms with Gasteiger partial charge in [-0.2, -0.15) is 0 Å². The van der Waals surface area contributed by atoms with Crippen LogP contribution >= 0.6 is 0 Å². The molecule has 1 aromatic rings. The molecule has 3 N–H and O–H groups in total. The van der Waals surface area contributed by atoms with Crippen LogP contribution in [0.15, 0.2) is 29.4 Å². The van der Waals surface area contributed by atoms with E-state index in [0.29, 0.717) is 12.2 Å². The zero-order valence-electron chi connectivity index (χ0n) is 7.05. The normalized spacial score (nSPS) is 9.69. The van der Waals surface area contributed by atoms with E-state index in [1.807, 2.05) is 0 Å². The highest BCUT2D eigenvalue weighted by Gasteiger charge is 1.99. The first kappa shape index (κ1) is 9.63. The van der Waals surface area contributed by atoms with Gasteiger partial charge in [-0.15, -0.1) is 4.91 Å². The number of hydrogen-bond acceptors (Lipinski definition) is 5. The van der Waals surface area contributed by atoms with E-state index in [9.17, 15) is 4.91 Å². The van der Waals surface area contributed by atoms with Crippen LogP contribution in [-0.2, 0) is 0 Å². The predicted molar refractivity (Wildman–Crippen MR) is 50.5 cm³/mol. The third-order valence-electron chi connectivity index (χ3n) is 1.63. The molecule has 1 rings (SSSR count). The first-order valence-corrected chi connectivity index (χ1v) is 3.84. The maximum atomic E-state index is 10.1. The summed E-state index contributed by atoms with van der Waals surface area (Å²) in [6.07, 6.45) is 0. The molecule has 0 fully saturated rings. The molecule has 0 saturated heterocycles. The van der Waals surface area contributed by atoms with Crippen molar-refractivity contribution in [2.24, 2.45) is 11.0 Å². The summed E-state index contributed by atoms with van der Waals surface area (Å²) < 4.78 is 0. The topological polar surface area (TPSA) is 78.9 Å². The van der Waals surface area contributed by atoms with Crippen LogP contribution in [0.2, 0.25) is 0 Å². The van der Waals surface area contributed by atoms with Crippen LogP contribution in [0.4, 0.5) is 11.4 Å². The number of nitroso groups, excluding NO2 is 1. The number of hydrazine groups is 1. The van der Waals surface area contributed by atoms with E-state index in [-0.39, 0.29) is 6.61 Å². The molecule has 0 bridgehead atoms. The lowest BCUT2D eigenvalue weighted by Crippen LogP contribution is -2.33. The van der Waals surface area contributed by atoms with Crippen LogP contribution in [-0.4, -0.2) is 18.3 Å². The Labute approximate surface area is 75.7 Å². The molecule has 0 aliphatic rings. The number of aliphatic hydroxyl groups is 1. The molecule has 0 atom stereocenters. The van der Waals surface area contributed by atoms with Gasteiger partial charge in [0.1, 0.15) is 5.69 Å². The summed E-state index contributed by atoms with van der Waals surface area (Å²) in [4.78, 5) is 10.1. The fraction of sp³-hybridized carbons (Fsp3) is 0.250. The Hall–Kier alpha value is -1.46. The highest BCUT2D eigenvalue weighted by molar-refractivity contribution is 5.51. The molecule has 70 valence electrons. The first-order valence-electron chi connectivity index (χ1n) is 3.84. The molecule has 1 aromatic carbocycles. The molecule has 0 aliphatic carbocycles. The molecular formula is C8H11N3O2. The molecule has 0 saturated carbocycles. The van der Waals surface area contributed by atoms with Crippen LogP contribution in [0.5, 0.6) is 0 Å². The van der Waals surface area contributed by atoms with Crippen molar-refractivity contribution in [1.82, 2.24) is 0 Å². The highest BCUT2D eigenvalue weighted by atomic mass is 16.3. The van der Waals surface area contributed by atoms with Gasteiger partial charge in [0, 0.05) is 0 Å². The molecule has 0 radical (unpaired) electrons. The number of rotatable bonds is 4. The second kappa shape index (κ2) is 4.54. The quantitative estimate of drug-likeness (QED) is 0.408. The summed E-state index contributed by atoms with van der Waals surface area (Å²) in [6, 6.07) is 6.48.